The summed E-state index contributed by atoms with van der Waals surface area (Å²) < 4.78 is 12.9. The van der Waals surface area contributed by atoms with E-state index < -0.39 is 0 Å². The van der Waals surface area contributed by atoms with E-state index in [1.54, 1.807) is 18.3 Å². The van der Waals surface area contributed by atoms with Crippen LogP contribution in [-0.4, -0.2) is 43.1 Å². The van der Waals surface area contributed by atoms with E-state index in [-0.39, 0.29) is 14.6 Å². The van der Waals surface area contributed by atoms with Crippen molar-refractivity contribution in [2.75, 3.05) is 41.7 Å². The Morgan fingerprint density at radius 1 is 1.03 bits per heavy atom. The lowest BCUT2D eigenvalue weighted by Gasteiger charge is -2.46. The standard InChI is InChI=1S/C18H26N4O.C11H14FN.2H2/c1-2-17(23)21-14-3-6-18(7-4-14)8-11-22(12-9-18)15-5-10-20-16(19)13-15;12-10-5-4-6-11(9-10)13-7-2-1-3-8-13;;/h2,5,10,13-14H,1,3-4,6-9,11-12H2,(H2,19,20)(H,21,23);4-6,9H,1-3,7-8H2;2*1H. The van der Waals surface area contributed by atoms with Gasteiger partial charge in [0, 0.05) is 58.7 Å². The maximum atomic E-state index is 12.9. The van der Waals surface area contributed by atoms with Gasteiger partial charge in [0.05, 0.1) is 0 Å². The summed E-state index contributed by atoms with van der Waals surface area (Å²) in [4.78, 5) is 20.2. The lowest BCUT2D eigenvalue weighted by Crippen LogP contribution is -2.45. The lowest BCUT2D eigenvalue weighted by molar-refractivity contribution is -0.117. The molecule has 0 bridgehead atoms. The molecule has 1 amide bonds. The van der Waals surface area contributed by atoms with E-state index in [2.05, 4.69) is 26.7 Å². The van der Waals surface area contributed by atoms with Gasteiger partial charge in [-0.25, -0.2) is 9.37 Å². The molecule has 1 aromatic heterocycles. The number of amides is 1. The van der Waals surface area contributed by atoms with Crippen molar-refractivity contribution in [3.63, 3.8) is 0 Å². The minimum atomic E-state index is -0.136. The van der Waals surface area contributed by atoms with Gasteiger partial charge >= 0.3 is 0 Å². The molecule has 3 aliphatic rings. The first-order valence-electron chi connectivity index (χ1n) is 13.4. The van der Waals surface area contributed by atoms with Gasteiger partial charge in [-0.1, -0.05) is 12.6 Å². The largest absolute Gasteiger partial charge is 0.384 e. The zero-order valence-corrected chi connectivity index (χ0v) is 21.3. The maximum Gasteiger partial charge on any atom is 0.243 e. The number of nitrogens with one attached hydrogen (secondary N) is 1. The molecule has 3 N–H and O–H groups in total. The van der Waals surface area contributed by atoms with Crippen molar-refractivity contribution in [2.45, 2.75) is 63.8 Å². The first kappa shape index (κ1) is 26.0. The molecule has 1 aliphatic carbocycles. The second-order valence-corrected chi connectivity index (χ2v) is 10.4. The normalized spacial score (nSPS) is 19.8. The number of piperidine rings is 2. The number of pyridine rings is 1. The Labute approximate surface area is 217 Å². The molecular formula is C29H44FN5O. The SMILES string of the molecule is C=CC(=O)NC1CCC2(CC1)CCN(c1ccnc(N)c1)CC2.Fc1cccc(N2CCCCC2)c1.[HH].[HH]. The van der Waals surface area contributed by atoms with Gasteiger partial charge in [-0.3, -0.25) is 4.79 Å². The number of carbonyl (C=O) groups is 1. The molecular weight excluding hydrogens is 453 g/mol. The van der Waals surface area contributed by atoms with Gasteiger partial charge in [-0.2, -0.15) is 0 Å². The molecule has 0 atom stereocenters. The second-order valence-electron chi connectivity index (χ2n) is 10.4. The Bertz CT molecular complexity index is 1020. The average Bonchev–Trinajstić information content (AvgIpc) is 2.91. The zero-order chi connectivity index (χ0) is 25.4. The van der Waals surface area contributed by atoms with E-state index in [1.807, 2.05) is 18.2 Å². The van der Waals surface area contributed by atoms with Gasteiger partial charge in [0.1, 0.15) is 11.6 Å². The number of nitrogens with two attached hydrogens (primary N) is 1. The van der Waals surface area contributed by atoms with Crippen molar-refractivity contribution in [3.05, 3.63) is 61.1 Å². The molecule has 2 saturated heterocycles. The highest BCUT2D eigenvalue weighted by Gasteiger charge is 2.38. The first-order chi connectivity index (χ1) is 17.5. The maximum absolute atomic E-state index is 12.9. The van der Waals surface area contributed by atoms with Crippen LogP contribution in [0, 0.1) is 11.2 Å². The predicted molar refractivity (Wildman–Crippen MR) is 150 cm³/mol. The van der Waals surface area contributed by atoms with Crippen molar-refractivity contribution in [1.29, 1.82) is 0 Å². The van der Waals surface area contributed by atoms with Gasteiger partial charge < -0.3 is 20.9 Å². The third kappa shape index (κ3) is 6.99. The molecule has 0 unspecified atom stereocenters. The molecule has 1 spiro atoms. The summed E-state index contributed by atoms with van der Waals surface area (Å²) in [5, 5.41) is 3.04. The highest BCUT2D eigenvalue weighted by Crippen LogP contribution is 2.45. The van der Waals surface area contributed by atoms with Gasteiger partial charge in [0.2, 0.25) is 5.91 Å². The van der Waals surface area contributed by atoms with Gasteiger partial charge in [-0.05, 0) is 93.5 Å². The highest BCUT2D eigenvalue weighted by molar-refractivity contribution is 5.87. The van der Waals surface area contributed by atoms with Crippen LogP contribution in [0.1, 0.15) is 60.6 Å². The van der Waals surface area contributed by atoms with Crippen LogP contribution < -0.4 is 20.9 Å². The Morgan fingerprint density at radius 2 is 1.69 bits per heavy atom. The van der Waals surface area contributed by atoms with Crippen LogP contribution in [0.15, 0.2) is 55.3 Å². The molecule has 3 fully saturated rings. The van der Waals surface area contributed by atoms with Crippen molar-refractivity contribution in [3.8, 4) is 0 Å². The van der Waals surface area contributed by atoms with Crippen LogP contribution in [0.2, 0.25) is 0 Å². The summed E-state index contributed by atoms with van der Waals surface area (Å²) in [5.74, 6) is 0.403. The fourth-order valence-corrected chi connectivity index (χ4v) is 5.83. The summed E-state index contributed by atoms with van der Waals surface area (Å²) in [7, 11) is 0. The molecule has 3 heterocycles. The first-order valence-corrected chi connectivity index (χ1v) is 13.4. The lowest BCUT2D eigenvalue weighted by atomic mass is 9.67. The van der Waals surface area contributed by atoms with E-state index in [1.165, 1.54) is 62.8 Å². The van der Waals surface area contributed by atoms with Crippen LogP contribution in [0.4, 0.5) is 21.6 Å². The van der Waals surface area contributed by atoms with Gasteiger partial charge in [0.15, 0.2) is 0 Å². The van der Waals surface area contributed by atoms with Crippen molar-refractivity contribution in [2.24, 2.45) is 5.41 Å². The van der Waals surface area contributed by atoms with Crippen LogP contribution in [-0.2, 0) is 4.79 Å². The third-order valence-electron chi connectivity index (χ3n) is 8.06. The summed E-state index contributed by atoms with van der Waals surface area (Å²) in [6.07, 6.45) is 14.0. The van der Waals surface area contributed by atoms with E-state index in [4.69, 9.17) is 5.73 Å². The number of hydrogen-bond donors (Lipinski definition) is 2. The van der Waals surface area contributed by atoms with Crippen LogP contribution in [0.25, 0.3) is 0 Å². The van der Waals surface area contributed by atoms with E-state index in [0.717, 1.165) is 44.7 Å². The number of nitrogen functional groups attached to an aromatic ring is 1. The summed E-state index contributed by atoms with van der Waals surface area (Å²) in [5.41, 5.74) is 8.46. The third-order valence-corrected chi connectivity index (χ3v) is 8.06. The Kier molecular flexibility index (Phi) is 8.83. The molecule has 7 heteroatoms. The average molecular weight is 498 g/mol. The summed E-state index contributed by atoms with van der Waals surface area (Å²) in [6.45, 7) is 7.82. The fourth-order valence-electron chi connectivity index (χ4n) is 5.83. The highest BCUT2D eigenvalue weighted by atomic mass is 19.1. The monoisotopic (exact) mass is 497 g/mol. The number of halogens is 1. The molecule has 6 nitrogen and oxygen atoms in total. The Morgan fingerprint density at radius 3 is 2.33 bits per heavy atom. The number of benzene rings is 1. The molecule has 2 aromatic rings. The number of aromatic nitrogens is 1. The molecule has 5 rings (SSSR count). The fraction of sp³-hybridized carbons (Fsp3) is 0.517. The quantitative estimate of drug-likeness (QED) is 0.522. The van der Waals surface area contributed by atoms with Crippen LogP contribution in [0.3, 0.4) is 0 Å². The summed E-state index contributed by atoms with van der Waals surface area (Å²) >= 11 is 0. The van der Waals surface area contributed by atoms with Gasteiger partial charge in [-0.15, -0.1) is 0 Å². The molecule has 198 valence electrons. The minimum Gasteiger partial charge on any atom is -0.384 e. The number of hydrogen-bond acceptors (Lipinski definition) is 5. The van der Waals surface area contributed by atoms with Crippen LogP contribution >= 0.6 is 0 Å². The van der Waals surface area contributed by atoms with Crippen molar-refractivity contribution in [1.82, 2.24) is 10.3 Å². The minimum absolute atomic E-state index is 0. The van der Waals surface area contributed by atoms with E-state index >= 15 is 0 Å². The predicted octanol–water partition coefficient (Wildman–Crippen LogP) is 5.80. The topological polar surface area (TPSA) is 74.5 Å². The Hall–Kier alpha value is -3.09. The molecule has 1 aromatic carbocycles. The zero-order valence-electron chi connectivity index (χ0n) is 21.3. The number of anilines is 3. The Balaban J connectivity index is 0.000000289. The number of carbonyl (C=O) groups excluding carboxylic acids is 1. The van der Waals surface area contributed by atoms with E-state index in [0.29, 0.717) is 17.3 Å². The summed E-state index contributed by atoms with van der Waals surface area (Å²) in [6, 6.07) is 11.2. The molecule has 1 saturated carbocycles. The van der Waals surface area contributed by atoms with E-state index in [9.17, 15) is 9.18 Å². The number of rotatable bonds is 4. The van der Waals surface area contributed by atoms with Crippen molar-refractivity contribution < 1.29 is 12.0 Å². The van der Waals surface area contributed by atoms with Crippen molar-refractivity contribution >= 4 is 23.1 Å². The molecule has 0 radical (unpaired) electrons. The van der Waals surface area contributed by atoms with Crippen LogP contribution in [0.5, 0.6) is 0 Å². The smallest absolute Gasteiger partial charge is 0.243 e. The molecule has 36 heavy (non-hydrogen) atoms. The van der Waals surface area contributed by atoms with Gasteiger partial charge in [0.25, 0.3) is 0 Å². The second kappa shape index (κ2) is 12.2. The molecule has 2 aliphatic heterocycles. The number of nitrogens with zero attached hydrogens (tertiary/aromatic N) is 3.